The molecule has 0 bridgehead atoms. The molecular formula is C18H30N2S. The summed E-state index contributed by atoms with van der Waals surface area (Å²) in [6, 6.07) is 11.4. The highest BCUT2D eigenvalue weighted by molar-refractivity contribution is 7.99. The lowest BCUT2D eigenvalue weighted by atomic mass is 9.92. The van der Waals surface area contributed by atoms with E-state index in [1.807, 2.05) is 11.8 Å². The maximum Gasteiger partial charge on any atom is 0.0303 e. The van der Waals surface area contributed by atoms with Crippen molar-refractivity contribution in [2.45, 2.75) is 56.5 Å². The van der Waals surface area contributed by atoms with Gasteiger partial charge in [0.2, 0.25) is 0 Å². The van der Waals surface area contributed by atoms with E-state index in [9.17, 15) is 0 Å². The van der Waals surface area contributed by atoms with Crippen molar-refractivity contribution < 1.29 is 0 Å². The van der Waals surface area contributed by atoms with E-state index in [4.69, 9.17) is 0 Å². The predicted octanol–water partition coefficient (Wildman–Crippen LogP) is 4.02. The Morgan fingerprint density at radius 2 is 1.95 bits per heavy atom. The van der Waals surface area contributed by atoms with Gasteiger partial charge in [0.05, 0.1) is 0 Å². The van der Waals surface area contributed by atoms with Gasteiger partial charge < -0.3 is 5.32 Å². The average Bonchev–Trinajstić information content (AvgIpc) is 2.68. The highest BCUT2D eigenvalue weighted by Gasteiger charge is 2.32. The molecule has 2 nitrogen and oxygen atoms in total. The quantitative estimate of drug-likeness (QED) is 0.799. The van der Waals surface area contributed by atoms with Crippen LogP contribution in [-0.2, 0) is 0 Å². The first kappa shape index (κ1) is 16.9. The number of benzene rings is 1. The Kier molecular flexibility index (Phi) is 6.59. The molecule has 21 heavy (non-hydrogen) atoms. The van der Waals surface area contributed by atoms with E-state index in [0.29, 0.717) is 11.6 Å². The van der Waals surface area contributed by atoms with E-state index in [-0.39, 0.29) is 0 Å². The van der Waals surface area contributed by atoms with E-state index in [2.05, 4.69) is 61.3 Å². The molecule has 118 valence electrons. The fraction of sp³-hybridized carbons (Fsp3) is 0.667. The summed E-state index contributed by atoms with van der Waals surface area (Å²) < 4.78 is 0. The molecule has 1 aliphatic rings. The van der Waals surface area contributed by atoms with Gasteiger partial charge in [-0.05, 0) is 44.9 Å². The average molecular weight is 307 g/mol. The van der Waals surface area contributed by atoms with E-state index < -0.39 is 0 Å². The van der Waals surface area contributed by atoms with Gasteiger partial charge in [-0.15, -0.1) is 11.8 Å². The molecule has 0 amide bonds. The molecule has 1 fully saturated rings. The molecule has 1 atom stereocenters. The molecule has 2 rings (SSSR count). The van der Waals surface area contributed by atoms with E-state index in [0.717, 1.165) is 6.54 Å². The van der Waals surface area contributed by atoms with Crippen LogP contribution in [0.25, 0.3) is 0 Å². The second kappa shape index (κ2) is 8.21. The predicted molar refractivity (Wildman–Crippen MR) is 94.1 cm³/mol. The highest BCUT2D eigenvalue weighted by atomic mass is 32.2. The number of rotatable bonds is 6. The van der Waals surface area contributed by atoms with Crippen molar-refractivity contribution in [2.75, 3.05) is 25.4 Å². The maximum absolute atomic E-state index is 3.81. The Balaban J connectivity index is 1.90. The van der Waals surface area contributed by atoms with Crippen molar-refractivity contribution in [3.8, 4) is 0 Å². The zero-order valence-corrected chi connectivity index (χ0v) is 14.6. The monoisotopic (exact) mass is 306 g/mol. The SMILES string of the molecule is CCC1(CC)CN(CCSc2ccccc2)C(C)CCN1. The van der Waals surface area contributed by atoms with Crippen molar-refractivity contribution in [1.82, 2.24) is 10.2 Å². The fourth-order valence-corrected chi connectivity index (χ4v) is 4.06. The Morgan fingerprint density at radius 3 is 2.62 bits per heavy atom. The molecule has 1 aliphatic heterocycles. The van der Waals surface area contributed by atoms with Crippen LogP contribution in [0.3, 0.4) is 0 Å². The molecule has 0 saturated carbocycles. The minimum atomic E-state index is 0.322. The third kappa shape index (κ3) is 4.73. The number of thioether (sulfide) groups is 1. The molecular weight excluding hydrogens is 276 g/mol. The summed E-state index contributed by atoms with van der Waals surface area (Å²) >= 11 is 1.98. The zero-order valence-electron chi connectivity index (χ0n) is 13.8. The lowest BCUT2D eigenvalue weighted by Crippen LogP contribution is -2.51. The second-order valence-electron chi connectivity index (χ2n) is 6.18. The van der Waals surface area contributed by atoms with Gasteiger partial charge in [-0.2, -0.15) is 0 Å². The van der Waals surface area contributed by atoms with Crippen molar-refractivity contribution in [1.29, 1.82) is 0 Å². The topological polar surface area (TPSA) is 15.3 Å². The smallest absolute Gasteiger partial charge is 0.0303 e. The molecule has 1 N–H and O–H groups in total. The minimum absolute atomic E-state index is 0.322. The number of hydrogen-bond acceptors (Lipinski definition) is 3. The van der Waals surface area contributed by atoms with Gasteiger partial charge in [-0.3, -0.25) is 4.90 Å². The molecule has 0 spiro atoms. The van der Waals surface area contributed by atoms with Crippen molar-refractivity contribution in [3.63, 3.8) is 0 Å². The lowest BCUT2D eigenvalue weighted by Gasteiger charge is -2.37. The van der Waals surface area contributed by atoms with Crippen LogP contribution in [0.5, 0.6) is 0 Å². The summed E-state index contributed by atoms with van der Waals surface area (Å²) in [6.45, 7) is 10.6. The van der Waals surface area contributed by atoms with E-state index >= 15 is 0 Å². The Morgan fingerprint density at radius 1 is 1.24 bits per heavy atom. The van der Waals surface area contributed by atoms with E-state index in [1.54, 1.807) is 0 Å². The second-order valence-corrected chi connectivity index (χ2v) is 7.35. The highest BCUT2D eigenvalue weighted by Crippen LogP contribution is 2.24. The van der Waals surface area contributed by atoms with Gasteiger partial charge in [0, 0.05) is 35.3 Å². The van der Waals surface area contributed by atoms with Crippen LogP contribution in [0.2, 0.25) is 0 Å². The first-order valence-corrected chi connectivity index (χ1v) is 9.34. The van der Waals surface area contributed by atoms with Gasteiger partial charge in [-0.1, -0.05) is 32.0 Å². The summed E-state index contributed by atoms with van der Waals surface area (Å²) in [5.41, 5.74) is 0.322. The van der Waals surface area contributed by atoms with Gasteiger partial charge in [0.25, 0.3) is 0 Å². The van der Waals surface area contributed by atoms with Gasteiger partial charge in [-0.25, -0.2) is 0 Å². The normalized spacial score (nSPS) is 22.9. The van der Waals surface area contributed by atoms with Crippen LogP contribution in [0.15, 0.2) is 35.2 Å². The zero-order chi connectivity index (χ0) is 15.1. The van der Waals surface area contributed by atoms with Crippen molar-refractivity contribution in [2.24, 2.45) is 0 Å². The summed E-state index contributed by atoms with van der Waals surface area (Å²) in [5, 5.41) is 3.81. The number of hydrogen-bond donors (Lipinski definition) is 1. The summed E-state index contributed by atoms with van der Waals surface area (Å²) in [7, 11) is 0. The van der Waals surface area contributed by atoms with Crippen LogP contribution in [0.4, 0.5) is 0 Å². The van der Waals surface area contributed by atoms with Crippen molar-refractivity contribution >= 4 is 11.8 Å². The molecule has 1 aromatic rings. The van der Waals surface area contributed by atoms with Crippen LogP contribution in [0.1, 0.15) is 40.0 Å². The fourth-order valence-electron chi connectivity index (χ4n) is 3.15. The molecule has 1 aromatic carbocycles. The Labute approximate surface area is 134 Å². The lowest BCUT2D eigenvalue weighted by molar-refractivity contribution is 0.168. The molecule has 1 heterocycles. The molecule has 3 heteroatoms. The Hall–Kier alpha value is -0.510. The van der Waals surface area contributed by atoms with Gasteiger partial charge in [0.1, 0.15) is 0 Å². The third-order valence-electron chi connectivity index (χ3n) is 4.94. The van der Waals surface area contributed by atoms with Crippen LogP contribution in [-0.4, -0.2) is 41.9 Å². The molecule has 1 saturated heterocycles. The van der Waals surface area contributed by atoms with Gasteiger partial charge >= 0.3 is 0 Å². The van der Waals surface area contributed by atoms with Crippen LogP contribution >= 0.6 is 11.8 Å². The summed E-state index contributed by atoms with van der Waals surface area (Å²) in [6.07, 6.45) is 3.70. The number of nitrogens with one attached hydrogen (secondary N) is 1. The first-order chi connectivity index (χ1) is 10.2. The molecule has 1 unspecified atom stereocenters. The maximum atomic E-state index is 3.81. The molecule has 0 aromatic heterocycles. The summed E-state index contributed by atoms with van der Waals surface area (Å²) in [5.74, 6) is 1.18. The standard InChI is InChI=1S/C18H30N2S/c1-4-18(5-2)15-20(16(3)11-12-19-18)13-14-21-17-9-7-6-8-10-17/h6-10,16,19H,4-5,11-15H2,1-3H3. The molecule has 0 radical (unpaired) electrons. The largest absolute Gasteiger partial charge is 0.310 e. The number of nitrogens with zero attached hydrogens (tertiary/aromatic N) is 1. The van der Waals surface area contributed by atoms with Crippen molar-refractivity contribution in [3.05, 3.63) is 30.3 Å². The first-order valence-electron chi connectivity index (χ1n) is 8.36. The Bertz CT molecular complexity index is 403. The van der Waals surface area contributed by atoms with E-state index in [1.165, 1.54) is 43.0 Å². The summed E-state index contributed by atoms with van der Waals surface area (Å²) in [4.78, 5) is 4.08. The third-order valence-corrected chi connectivity index (χ3v) is 5.93. The van der Waals surface area contributed by atoms with Gasteiger partial charge in [0.15, 0.2) is 0 Å². The van der Waals surface area contributed by atoms with Crippen LogP contribution in [0, 0.1) is 0 Å². The molecule has 0 aliphatic carbocycles. The minimum Gasteiger partial charge on any atom is -0.310 e. The van der Waals surface area contributed by atoms with Crippen LogP contribution < -0.4 is 5.32 Å².